The van der Waals surface area contributed by atoms with Crippen LogP contribution in [-0.2, 0) is 21.2 Å². The van der Waals surface area contributed by atoms with Gasteiger partial charge in [-0.05, 0) is 18.1 Å². The number of hydrogen-bond acceptors (Lipinski definition) is 8. The van der Waals surface area contributed by atoms with Crippen molar-refractivity contribution in [2.24, 2.45) is 0 Å². The smallest absolute Gasteiger partial charge is 0.269 e. The van der Waals surface area contributed by atoms with Crippen LogP contribution in [0.4, 0.5) is 5.13 Å². The highest BCUT2D eigenvalue weighted by atomic mass is 32.2. The molecule has 1 heterocycles. The zero-order valence-electron chi connectivity index (χ0n) is 13.9. The van der Waals surface area contributed by atoms with Gasteiger partial charge in [0.25, 0.3) is 10.0 Å². The normalized spacial score (nSPS) is 11.2. The van der Waals surface area contributed by atoms with Gasteiger partial charge in [0.1, 0.15) is 11.5 Å². The monoisotopic (exact) mass is 386 g/mol. The number of amides is 1. The van der Waals surface area contributed by atoms with Gasteiger partial charge in [0, 0.05) is 19.5 Å². The Morgan fingerprint density at radius 3 is 2.64 bits per heavy atom. The first-order chi connectivity index (χ1) is 11.9. The Balaban J connectivity index is 2.00. The third-order valence-electron chi connectivity index (χ3n) is 3.10. The Hall–Kier alpha value is -2.24. The van der Waals surface area contributed by atoms with Crippen LogP contribution in [0.2, 0.25) is 0 Å². The first kappa shape index (κ1) is 19.1. The van der Waals surface area contributed by atoms with Crippen molar-refractivity contribution in [3.05, 3.63) is 23.8 Å². The van der Waals surface area contributed by atoms with E-state index in [1.54, 1.807) is 19.2 Å². The van der Waals surface area contributed by atoms with E-state index in [-0.39, 0.29) is 21.9 Å². The molecule has 0 spiro atoms. The molecule has 0 unspecified atom stereocenters. The zero-order chi connectivity index (χ0) is 18.4. The molecule has 0 aliphatic carbocycles. The molecule has 0 radical (unpaired) electrons. The Kier molecular flexibility index (Phi) is 6.28. The zero-order valence-corrected chi connectivity index (χ0v) is 15.5. The summed E-state index contributed by atoms with van der Waals surface area (Å²) in [5.41, 5.74) is 0.835. The minimum absolute atomic E-state index is 0.129. The number of hydrogen-bond donors (Lipinski definition) is 2. The number of rotatable bonds is 8. The number of ether oxygens (including phenoxy) is 2. The van der Waals surface area contributed by atoms with Crippen molar-refractivity contribution in [1.29, 1.82) is 0 Å². The van der Waals surface area contributed by atoms with Gasteiger partial charge in [-0.3, -0.25) is 4.79 Å². The lowest BCUT2D eigenvalue weighted by molar-refractivity contribution is -0.114. The summed E-state index contributed by atoms with van der Waals surface area (Å²) in [5.74, 6) is 0.919. The Morgan fingerprint density at radius 1 is 1.24 bits per heavy atom. The molecular weight excluding hydrogens is 368 g/mol. The lowest BCUT2D eigenvalue weighted by Crippen LogP contribution is -2.26. The summed E-state index contributed by atoms with van der Waals surface area (Å²) in [6, 6.07) is 5.32. The van der Waals surface area contributed by atoms with Crippen molar-refractivity contribution in [3.8, 4) is 11.5 Å². The third-order valence-corrected chi connectivity index (χ3v) is 5.77. The summed E-state index contributed by atoms with van der Waals surface area (Å²) in [6.45, 7) is 1.45. The average Bonchev–Trinajstić information content (AvgIpc) is 3.03. The molecule has 11 heteroatoms. The largest absolute Gasteiger partial charge is 0.497 e. The quantitative estimate of drug-likeness (QED) is 0.650. The van der Waals surface area contributed by atoms with Gasteiger partial charge in [-0.25, -0.2) is 13.1 Å². The van der Waals surface area contributed by atoms with Gasteiger partial charge < -0.3 is 14.8 Å². The van der Waals surface area contributed by atoms with Crippen molar-refractivity contribution in [2.75, 3.05) is 26.1 Å². The van der Waals surface area contributed by atoms with E-state index in [9.17, 15) is 13.2 Å². The van der Waals surface area contributed by atoms with Crippen LogP contribution >= 0.6 is 11.3 Å². The molecule has 1 aromatic carbocycles. The number of sulfonamides is 1. The Bertz CT molecular complexity index is 851. The van der Waals surface area contributed by atoms with Crippen LogP contribution < -0.4 is 19.5 Å². The summed E-state index contributed by atoms with van der Waals surface area (Å²) < 4.78 is 37.1. The second-order valence-corrected chi connectivity index (χ2v) is 7.80. The first-order valence-electron chi connectivity index (χ1n) is 7.17. The van der Waals surface area contributed by atoms with Crippen molar-refractivity contribution in [1.82, 2.24) is 14.9 Å². The number of anilines is 1. The van der Waals surface area contributed by atoms with Crippen LogP contribution in [0.5, 0.6) is 11.5 Å². The van der Waals surface area contributed by atoms with Crippen molar-refractivity contribution < 1.29 is 22.7 Å². The minimum atomic E-state index is -3.80. The highest BCUT2D eigenvalue weighted by Crippen LogP contribution is 2.25. The number of carbonyl (C=O) groups is 1. The lowest BCUT2D eigenvalue weighted by atomic mass is 10.1. The lowest BCUT2D eigenvalue weighted by Gasteiger charge is -2.10. The molecule has 2 rings (SSSR count). The Labute approximate surface area is 149 Å². The fourth-order valence-corrected chi connectivity index (χ4v) is 3.98. The molecular formula is C14H18N4O5S2. The van der Waals surface area contributed by atoms with Crippen molar-refractivity contribution in [3.63, 3.8) is 0 Å². The van der Waals surface area contributed by atoms with Crippen LogP contribution in [0.25, 0.3) is 0 Å². The van der Waals surface area contributed by atoms with Crippen molar-refractivity contribution >= 4 is 32.4 Å². The second kappa shape index (κ2) is 8.23. The molecule has 25 heavy (non-hydrogen) atoms. The van der Waals surface area contributed by atoms with Crippen LogP contribution in [0, 0.1) is 0 Å². The van der Waals surface area contributed by atoms with Crippen molar-refractivity contribution in [2.45, 2.75) is 17.7 Å². The molecule has 0 atom stereocenters. The Morgan fingerprint density at radius 2 is 2.00 bits per heavy atom. The average molecular weight is 386 g/mol. The standard InChI is InChI=1S/C14H18N4O5S2/c1-9(19)16-13-17-18-14(24-13)25(20,21)15-7-6-10-4-5-11(22-2)8-12(10)23-3/h4-5,8,15H,6-7H2,1-3H3,(H,16,17,19). The van der Waals surface area contributed by atoms with E-state index >= 15 is 0 Å². The summed E-state index contributed by atoms with van der Waals surface area (Å²) in [4.78, 5) is 10.9. The summed E-state index contributed by atoms with van der Waals surface area (Å²) in [5, 5.41) is 9.72. The third kappa shape index (κ3) is 5.11. The van der Waals surface area contributed by atoms with Gasteiger partial charge in [-0.1, -0.05) is 17.4 Å². The molecule has 2 aromatic rings. The molecule has 0 bridgehead atoms. The minimum Gasteiger partial charge on any atom is -0.497 e. The maximum absolute atomic E-state index is 12.2. The molecule has 0 fully saturated rings. The van der Waals surface area contributed by atoms with Crippen LogP contribution in [0.1, 0.15) is 12.5 Å². The summed E-state index contributed by atoms with van der Waals surface area (Å²) in [7, 11) is -0.709. The molecule has 0 saturated heterocycles. The van der Waals surface area contributed by atoms with E-state index in [2.05, 4.69) is 20.2 Å². The highest BCUT2D eigenvalue weighted by molar-refractivity contribution is 7.91. The fourth-order valence-electron chi connectivity index (χ4n) is 1.96. The first-order valence-corrected chi connectivity index (χ1v) is 9.47. The fraction of sp³-hybridized carbons (Fsp3) is 0.357. The van der Waals surface area contributed by atoms with Gasteiger partial charge in [-0.15, -0.1) is 10.2 Å². The number of carbonyl (C=O) groups excluding carboxylic acids is 1. The molecule has 0 saturated carbocycles. The molecule has 9 nitrogen and oxygen atoms in total. The molecule has 0 aliphatic heterocycles. The number of nitrogens with one attached hydrogen (secondary N) is 2. The van der Waals surface area contributed by atoms with E-state index in [4.69, 9.17) is 9.47 Å². The van der Waals surface area contributed by atoms with Crippen LogP contribution in [-0.4, -0.2) is 45.3 Å². The second-order valence-electron chi connectivity index (χ2n) is 4.88. The molecule has 1 aromatic heterocycles. The van der Waals surface area contributed by atoms with E-state index < -0.39 is 10.0 Å². The maximum atomic E-state index is 12.2. The molecule has 2 N–H and O–H groups in total. The van der Waals surface area contributed by atoms with Gasteiger partial charge in [0.15, 0.2) is 0 Å². The SMILES string of the molecule is COc1ccc(CCNS(=O)(=O)c2nnc(NC(C)=O)s2)c(OC)c1. The van der Waals surface area contributed by atoms with Gasteiger partial charge >= 0.3 is 0 Å². The number of nitrogens with zero attached hydrogens (tertiary/aromatic N) is 2. The molecule has 0 aliphatic rings. The van der Waals surface area contributed by atoms with Gasteiger partial charge in [0.05, 0.1) is 14.2 Å². The summed E-state index contributed by atoms with van der Waals surface area (Å²) >= 11 is 0.781. The van der Waals surface area contributed by atoms with Crippen LogP contribution in [0.3, 0.4) is 0 Å². The highest BCUT2D eigenvalue weighted by Gasteiger charge is 2.20. The predicted molar refractivity (Wildman–Crippen MR) is 92.7 cm³/mol. The number of methoxy groups -OCH3 is 2. The van der Waals surface area contributed by atoms with Crippen LogP contribution in [0.15, 0.2) is 22.5 Å². The number of benzene rings is 1. The van der Waals surface area contributed by atoms with E-state index in [1.807, 2.05) is 6.07 Å². The maximum Gasteiger partial charge on any atom is 0.269 e. The van der Waals surface area contributed by atoms with Gasteiger partial charge in [-0.2, -0.15) is 0 Å². The predicted octanol–water partition coefficient (Wildman–Crippen LogP) is 1.03. The summed E-state index contributed by atoms with van der Waals surface area (Å²) in [6.07, 6.45) is 0.420. The topological polar surface area (TPSA) is 120 Å². The van der Waals surface area contributed by atoms with E-state index in [0.29, 0.717) is 17.9 Å². The van der Waals surface area contributed by atoms with E-state index in [1.165, 1.54) is 14.0 Å². The molecule has 136 valence electrons. The van der Waals surface area contributed by atoms with Gasteiger partial charge in [0.2, 0.25) is 15.4 Å². The molecule has 1 amide bonds. The number of aromatic nitrogens is 2. The van der Waals surface area contributed by atoms with E-state index in [0.717, 1.165) is 16.9 Å².